The fourth-order valence-electron chi connectivity index (χ4n) is 1.56. The normalized spacial score (nSPS) is 10.1. The number of halogens is 1. The second kappa shape index (κ2) is 7.10. The maximum Gasteiger partial charge on any atom is 0.257 e. The Bertz CT molecular complexity index is 662. The zero-order valence-corrected chi connectivity index (χ0v) is 12.4. The van der Waals surface area contributed by atoms with E-state index in [0.29, 0.717) is 21.3 Å². The molecule has 0 atom stereocenters. The van der Waals surface area contributed by atoms with Gasteiger partial charge in [-0.1, -0.05) is 23.7 Å². The third-order valence-electron chi connectivity index (χ3n) is 2.47. The molecule has 1 aromatic heterocycles. The zero-order valence-electron chi connectivity index (χ0n) is 10.9. The average molecular weight is 322 g/mol. The van der Waals surface area contributed by atoms with E-state index in [1.54, 1.807) is 36.4 Å². The van der Waals surface area contributed by atoms with E-state index in [1.165, 1.54) is 18.0 Å². The van der Waals surface area contributed by atoms with Gasteiger partial charge in [0.25, 0.3) is 5.91 Å². The number of nitrogens with two attached hydrogens (primary N) is 1. The third-order valence-corrected chi connectivity index (χ3v) is 3.79. The molecule has 0 unspecified atom stereocenters. The number of thioether (sulfide) groups is 1. The predicted octanol–water partition coefficient (Wildman–Crippen LogP) is 2.56. The molecule has 0 aliphatic heterocycles. The molecule has 0 radical (unpaired) electrons. The number of hydrogen-bond acceptors (Lipinski definition) is 4. The van der Waals surface area contributed by atoms with E-state index in [9.17, 15) is 9.59 Å². The highest BCUT2D eigenvalue weighted by molar-refractivity contribution is 8.00. The van der Waals surface area contributed by atoms with Crippen molar-refractivity contribution in [2.24, 2.45) is 5.73 Å². The molecule has 2 amide bonds. The molecule has 7 heteroatoms. The van der Waals surface area contributed by atoms with E-state index in [0.717, 1.165) is 0 Å². The number of nitrogens with zero attached hydrogens (tertiary/aromatic N) is 1. The molecular formula is C14H12ClN3O2S. The Balaban J connectivity index is 2.14. The lowest BCUT2D eigenvalue weighted by Gasteiger charge is -2.08. The molecule has 3 N–H and O–H groups in total. The number of amides is 2. The van der Waals surface area contributed by atoms with Crippen molar-refractivity contribution in [1.82, 2.24) is 4.98 Å². The molecule has 2 aromatic rings. The Hall–Kier alpha value is -2.05. The highest BCUT2D eigenvalue weighted by Gasteiger charge is 2.12. The lowest BCUT2D eigenvalue weighted by molar-refractivity contribution is -0.115. The number of aromatic nitrogens is 1. The molecule has 1 aromatic carbocycles. The number of carbonyl (C=O) groups excluding carboxylic acids is 2. The molecule has 1 heterocycles. The van der Waals surface area contributed by atoms with Gasteiger partial charge in [-0.3, -0.25) is 9.59 Å². The third kappa shape index (κ3) is 4.47. The first-order valence-electron chi connectivity index (χ1n) is 5.99. The minimum Gasteiger partial charge on any atom is -0.369 e. The number of hydrogen-bond donors (Lipinski definition) is 2. The van der Waals surface area contributed by atoms with Crippen LogP contribution in [0.15, 0.2) is 47.5 Å². The molecule has 0 spiro atoms. The minimum atomic E-state index is -0.436. The summed E-state index contributed by atoms with van der Waals surface area (Å²) in [6, 6.07) is 10.2. The van der Waals surface area contributed by atoms with Gasteiger partial charge in [-0.15, -0.1) is 11.8 Å². The summed E-state index contributed by atoms with van der Waals surface area (Å²) in [4.78, 5) is 27.8. The molecule has 0 saturated carbocycles. The van der Waals surface area contributed by atoms with E-state index < -0.39 is 5.91 Å². The molecule has 0 fully saturated rings. The van der Waals surface area contributed by atoms with Gasteiger partial charge in [-0.2, -0.15) is 0 Å². The zero-order chi connectivity index (χ0) is 15.2. The lowest BCUT2D eigenvalue weighted by Crippen LogP contribution is -2.16. The van der Waals surface area contributed by atoms with Gasteiger partial charge in [-0.05, 0) is 24.3 Å². The summed E-state index contributed by atoms with van der Waals surface area (Å²) < 4.78 is 0. The van der Waals surface area contributed by atoms with E-state index in [1.807, 2.05) is 0 Å². The van der Waals surface area contributed by atoms with E-state index >= 15 is 0 Å². The van der Waals surface area contributed by atoms with Crippen molar-refractivity contribution in [3.8, 4) is 0 Å². The first-order chi connectivity index (χ1) is 10.1. The second-order valence-electron chi connectivity index (χ2n) is 4.07. The van der Waals surface area contributed by atoms with Crippen LogP contribution in [0, 0.1) is 0 Å². The molecule has 5 nitrogen and oxygen atoms in total. The van der Waals surface area contributed by atoms with Crippen molar-refractivity contribution in [2.45, 2.75) is 4.90 Å². The molecule has 0 saturated heterocycles. The van der Waals surface area contributed by atoms with Crippen molar-refractivity contribution in [3.63, 3.8) is 0 Å². The van der Waals surface area contributed by atoms with Crippen LogP contribution < -0.4 is 11.1 Å². The van der Waals surface area contributed by atoms with E-state index in [-0.39, 0.29) is 11.7 Å². The van der Waals surface area contributed by atoms with Gasteiger partial charge >= 0.3 is 0 Å². The first-order valence-corrected chi connectivity index (χ1v) is 7.35. The van der Waals surface area contributed by atoms with Crippen LogP contribution in [-0.4, -0.2) is 22.6 Å². The maximum absolute atomic E-state index is 12.3. The van der Waals surface area contributed by atoms with Crippen LogP contribution in [-0.2, 0) is 4.79 Å². The van der Waals surface area contributed by atoms with Crippen LogP contribution >= 0.6 is 23.4 Å². The first kappa shape index (κ1) is 15.3. The quantitative estimate of drug-likeness (QED) is 0.829. The number of nitrogens with one attached hydrogen (secondary N) is 1. The summed E-state index contributed by atoms with van der Waals surface area (Å²) in [5.74, 6) is -0.227. The molecule has 0 bridgehead atoms. The number of pyridine rings is 1. The molecular weight excluding hydrogens is 310 g/mol. The molecule has 0 aliphatic carbocycles. The topological polar surface area (TPSA) is 85.1 Å². The Morgan fingerprint density at radius 1 is 1.24 bits per heavy atom. The summed E-state index contributed by atoms with van der Waals surface area (Å²) in [6.07, 6.45) is 1.45. The molecule has 2 rings (SSSR count). The summed E-state index contributed by atoms with van der Waals surface area (Å²) >= 11 is 6.96. The maximum atomic E-state index is 12.3. The van der Waals surface area contributed by atoms with Gasteiger partial charge in [0.05, 0.1) is 16.3 Å². The fraction of sp³-hybridized carbons (Fsp3) is 0.0714. The highest BCUT2D eigenvalue weighted by atomic mass is 35.5. The number of anilines is 1. The van der Waals surface area contributed by atoms with Crippen LogP contribution in [0.4, 0.5) is 5.82 Å². The van der Waals surface area contributed by atoms with Crippen molar-refractivity contribution >= 4 is 41.0 Å². The predicted molar refractivity (Wildman–Crippen MR) is 83.6 cm³/mol. The molecule has 0 aliphatic rings. The standard InChI is InChI=1S/C14H12ClN3O2S/c15-9-5-6-13(17-7-9)18-14(20)10-3-1-2-4-11(10)21-8-12(16)19/h1-7H,8H2,(H2,16,19)(H,17,18,20). The Kier molecular flexibility index (Phi) is 5.19. The van der Waals surface area contributed by atoms with E-state index in [2.05, 4.69) is 10.3 Å². The van der Waals surface area contributed by atoms with Crippen LogP contribution in [0.25, 0.3) is 0 Å². The number of benzene rings is 1. The lowest BCUT2D eigenvalue weighted by atomic mass is 10.2. The summed E-state index contributed by atoms with van der Waals surface area (Å²) in [7, 11) is 0. The SMILES string of the molecule is NC(=O)CSc1ccccc1C(=O)Nc1ccc(Cl)cn1. The minimum absolute atomic E-state index is 0.115. The highest BCUT2D eigenvalue weighted by Crippen LogP contribution is 2.23. The van der Waals surface area contributed by atoms with Gasteiger partial charge < -0.3 is 11.1 Å². The largest absolute Gasteiger partial charge is 0.369 e. The number of primary amides is 1. The Morgan fingerprint density at radius 3 is 2.67 bits per heavy atom. The monoisotopic (exact) mass is 321 g/mol. The fourth-order valence-corrected chi connectivity index (χ4v) is 2.46. The van der Waals surface area contributed by atoms with E-state index in [4.69, 9.17) is 17.3 Å². The average Bonchev–Trinajstić information content (AvgIpc) is 2.47. The van der Waals surface area contributed by atoms with Crippen molar-refractivity contribution < 1.29 is 9.59 Å². The van der Waals surface area contributed by atoms with Gasteiger partial charge in [0.2, 0.25) is 5.91 Å². The second-order valence-corrected chi connectivity index (χ2v) is 5.52. The Labute approximate surface area is 130 Å². The smallest absolute Gasteiger partial charge is 0.257 e. The summed E-state index contributed by atoms with van der Waals surface area (Å²) in [5.41, 5.74) is 5.58. The van der Waals surface area contributed by atoms with Crippen LogP contribution in [0.1, 0.15) is 10.4 Å². The van der Waals surface area contributed by atoms with Gasteiger partial charge in [0, 0.05) is 11.1 Å². The summed E-state index contributed by atoms with van der Waals surface area (Å²) in [5, 5.41) is 3.17. The van der Waals surface area contributed by atoms with Crippen molar-refractivity contribution in [3.05, 3.63) is 53.2 Å². The van der Waals surface area contributed by atoms with Gasteiger partial charge in [-0.25, -0.2) is 4.98 Å². The van der Waals surface area contributed by atoms with Crippen LogP contribution in [0.2, 0.25) is 5.02 Å². The van der Waals surface area contributed by atoms with Crippen molar-refractivity contribution in [2.75, 3.05) is 11.1 Å². The van der Waals surface area contributed by atoms with Crippen LogP contribution in [0.5, 0.6) is 0 Å². The van der Waals surface area contributed by atoms with Crippen molar-refractivity contribution in [1.29, 1.82) is 0 Å². The summed E-state index contributed by atoms with van der Waals surface area (Å²) in [6.45, 7) is 0. The number of rotatable bonds is 5. The molecule has 108 valence electrons. The Morgan fingerprint density at radius 2 is 2.00 bits per heavy atom. The van der Waals surface area contributed by atoms with Gasteiger partial charge in [0.15, 0.2) is 0 Å². The van der Waals surface area contributed by atoms with Gasteiger partial charge in [0.1, 0.15) is 5.82 Å². The molecule has 21 heavy (non-hydrogen) atoms. The number of carbonyl (C=O) groups is 2. The van der Waals surface area contributed by atoms with Crippen LogP contribution in [0.3, 0.4) is 0 Å².